The van der Waals surface area contributed by atoms with Crippen molar-refractivity contribution >= 4 is 5.97 Å². The standard InChI is InChI=1S/C16H31NO3/c1-5-14(3)17(10-11-20-4)12-16(15(18)19)8-6-13(2)7-9-16/h13-14H,5-12H2,1-4H3,(H,18,19). The molecule has 0 aliphatic heterocycles. The number of ether oxygens (including phenoxy) is 1. The minimum absolute atomic E-state index is 0.403. The second kappa shape index (κ2) is 7.99. The minimum atomic E-state index is -0.616. The Hall–Kier alpha value is -0.610. The third kappa shape index (κ3) is 4.45. The Balaban J connectivity index is 2.77. The van der Waals surface area contributed by atoms with Crippen LogP contribution in [0.4, 0.5) is 0 Å². The molecule has 1 N–H and O–H groups in total. The van der Waals surface area contributed by atoms with Crippen LogP contribution in [0, 0.1) is 11.3 Å². The van der Waals surface area contributed by atoms with E-state index in [9.17, 15) is 9.90 Å². The van der Waals surface area contributed by atoms with Crippen molar-refractivity contribution in [3.8, 4) is 0 Å². The summed E-state index contributed by atoms with van der Waals surface area (Å²) in [5.41, 5.74) is -0.552. The number of rotatable bonds is 8. The molecule has 1 aliphatic rings. The molecule has 1 unspecified atom stereocenters. The van der Waals surface area contributed by atoms with E-state index in [0.29, 0.717) is 25.1 Å². The van der Waals surface area contributed by atoms with Gasteiger partial charge in [-0.25, -0.2) is 0 Å². The first kappa shape index (κ1) is 17.4. The molecule has 0 saturated heterocycles. The summed E-state index contributed by atoms with van der Waals surface area (Å²) < 4.78 is 5.18. The molecule has 4 heteroatoms. The highest BCUT2D eigenvalue weighted by Crippen LogP contribution is 2.40. The Bertz CT molecular complexity index is 298. The second-order valence-electron chi connectivity index (χ2n) is 6.49. The zero-order valence-corrected chi connectivity index (χ0v) is 13.5. The van der Waals surface area contributed by atoms with Gasteiger partial charge in [0, 0.05) is 26.2 Å². The van der Waals surface area contributed by atoms with E-state index >= 15 is 0 Å². The first-order valence-electron chi connectivity index (χ1n) is 7.91. The normalized spacial score (nSPS) is 28.6. The second-order valence-corrected chi connectivity index (χ2v) is 6.49. The van der Waals surface area contributed by atoms with Crippen molar-refractivity contribution < 1.29 is 14.6 Å². The van der Waals surface area contributed by atoms with Crippen LogP contribution < -0.4 is 0 Å². The van der Waals surface area contributed by atoms with E-state index in [1.165, 1.54) is 0 Å². The van der Waals surface area contributed by atoms with Crippen LogP contribution in [0.1, 0.15) is 52.9 Å². The molecule has 0 radical (unpaired) electrons. The molecule has 1 aliphatic carbocycles. The van der Waals surface area contributed by atoms with Gasteiger partial charge in [-0.15, -0.1) is 0 Å². The molecule has 118 valence electrons. The summed E-state index contributed by atoms with van der Waals surface area (Å²) >= 11 is 0. The molecule has 20 heavy (non-hydrogen) atoms. The number of carbonyl (C=O) groups is 1. The fraction of sp³-hybridized carbons (Fsp3) is 0.938. The predicted molar refractivity (Wildman–Crippen MR) is 80.9 cm³/mol. The van der Waals surface area contributed by atoms with Gasteiger partial charge in [0.05, 0.1) is 12.0 Å². The van der Waals surface area contributed by atoms with Crippen LogP contribution in [0.5, 0.6) is 0 Å². The number of methoxy groups -OCH3 is 1. The van der Waals surface area contributed by atoms with Crippen molar-refractivity contribution in [3.63, 3.8) is 0 Å². The summed E-state index contributed by atoms with van der Waals surface area (Å²) in [6.07, 6.45) is 4.72. The average molecular weight is 285 g/mol. The summed E-state index contributed by atoms with van der Waals surface area (Å²) in [7, 11) is 1.70. The third-order valence-corrected chi connectivity index (χ3v) is 4.99. The first-order chi connectivity index (χ1) is 9.45. The van der Waals surface area contributed by atoms with Gasteiger partial charge in [-0.3, -0.25) is 9.69 Å². The van der Waals surface area contributed by atoms with Crippen molar-refractivity contribution in [2.45, 2.75) is 58.9 Å². The summed E-state index contributed by atoms with van der Waals surface area (Å²) in [5.74, 6) is 0.0496. The molecular weight excluding hydrogens is 254 g/mol. The maximum absolute atomic E-state index is 11.8. The lowest BCUT2D eigenvalue weighted by Crippen LogP contribution is -2.48. The molecule has 1 saturated carbocycles. The zero-order chi connectivity index (χ0) is 15.2. The Labute approximate surface area is 123 Å². The maximum atomic E-state index is 11.8. The smallest absolute Gasteiger partial charge is 0.310 e. The lowest BCUT2D eigenvalue weighted by molar-refractivity contribution is -0.153. The van der Waals surface area contributed by atoms with Crippen molar-refractivity contribution in [1.82, 2.24) is 4.90 Å². The molecule has 0 bridgehead atoms. The molecule has 4 nitrogen and oxygen atoms in total. The minimum Gasteiger partial charge on any atom is -0.481 e. The van der Waals surface area contributed by atoms with Gasteiger partial charge in [0.1, 0.15) is 0 Å². The van der Waals surface area contributed by atoms with E-state index in [1.807, 2.05) is 0 Å². The number of hydrogen-bond donors (Lipinski definition) is 1. The van der Waals surface area contributed by atoms with Crippen molar-refractivity contribution in [2.24, 2.45) is 11.3 Å². The van der Waals surface area contributed by atoms with Crippen molar-refractivity contribution in [2.75, 3.05) is 26.8 Å². The van der Waals surface area contributed by atoms with Crippen LogP contribution in [0.25, 0.3) is 0 Å². The number of hydrogen-bond acceptors (Lipinski definition) is 3. The third-order valence-electron chi connectivity index (χ3n) is 4.99. The van der Waals surface area contributed by atoms with Crippen LogP contribution >= 0.6 is 0 Å². The largest absolute Gasteiger partial charge is 0.481 e. The number of aliphatic carboxylic acids is 1. The predicted octanol–water partition coefficient (Wildman–Crippen LogP) is 3.01. The molecule has 0 aromatic rings. The molecule has 1 fully saturated rings. The van der Waals surface area contributed by atoms with Crippen LogP contribution in [0.15, 0.2) is 0 Å². The molecule has 1 rings (SSSR count). The van der Waals surface area contributed by atoms with E-state index in [1.54, 1.807) is 7.11 Å². The number of carboxylic acid groups (broad SMARTS) is 1. The van der Waals surface area contributed by atoms with E-state index in [4.69, 9.17) is 4.74 Å². The van der Waals surface area contributed by atoms with Crippen molar-refractivity contribution in [3.05, 3.63) is 0 Å². The average Bonchev–Trinajstić information content (AvgIpc) is 2.44. The monoisotopic (exact) mass is 285 g/mol. The van der Waals surface area contributed by atoms with Crippen molar-refractivity contribution in [1.29, 1.82) is 0 Å². The van der Waals surface area contributed by atoms with Gasteiger partial charge in [-0.2, -0.15) is 0 Å². The summed E-state index contributed by atoms with van der Waals surface area (Å²) in [4.78, 5) is 14.1. The van der Waals surface area contributed by atoms with Gasteiger partial charge >= 0.3 is 5.97 Å². The molecule has 0 amide bonds. The maximum Gasteiger partial charge on any atom is 0.310 e. The van der Waals surface area contributed by atoms with Crippen LogP contribution in [0.2, 0.25) is 0 Å². The van der Waals surface area contributed by atoms with Gasteiger partial charge in [0.15, 0.2) is 0 Å². The Morgan fingerprint density at radius 1 is 1.45 bits per heavy atom. The lowest BCUT2D eigenvalue weighted by atomic mass is 9.70. The number of carboxylic acids is 1. The molecule has 0 spiro atoms. The molecule has 1 atom stereocenters. The SMILES string of the molecule is CCC(C)N(CCOC)CC1(C(=O)O)CCC(C)CC1. The van der Waals surface area contributed by atoms with E-state index < -0.39 is 11.4 Å². The zero-order valence-electron chi connectivity index (χ0n) is 13.5. The Morgan fingerprint density at radius 3 is 2.50 bits per heavy atom. The topological polar surface area (TPSA) is 49.8 Å². The van der Waals surface area contributed by atoms with E-state index in [0.717, 1.165) is 38.6 Å². The fourth-order valence-corrected chi connectivity index (χ4v) is 3.07. The number of nitrogens with zero attached hydrogens (tertiary/aromatic N) is 1. The first-order valence-corrected chi connectivity index (χ1v) is 7.91. The summed E-state index contributed by atoms with van der Waals surface area (Å²) in [6.45, 7) is 8.70. The van der Waals surface area contributed by atoms with Crippen LogP contribution in [-0.4, -0.2) is 48.8 Å². The lowest BCUT2D eigenvalue weighted by Gasteiger charge is -2.41. The highest BCUT2D eigenvalue weighted by Gasteiger charge is 2.42. The Morgan fingerprint density at radius 2 is 2.05 bits per heavy atom. The van der Waals surface area contributed by atoms with Gasteiger partial charge in [0.2, 0.25) is 0 Å². The molecular formula is C16H31NO3. The van der Waals surface area contributed by atoms with E-state index in [2.05, 4.69) is 25.7 Å². The molecule has 0 aromatic heterocycles. The quantitative estimate of drug-likeness (QED) is 0.745. The van der Waals surface area contributed by atoms with Gasteiger partial charge in [-0.1, -0.05) is 13.8 Å². The van der Waals surface area contributed by atoms with Crippen LogP contribution in [-0.2, 0) is 9.53 Å². The summed E-state index contributed by atoms with van der Waals surface area (Å²) in [6, 6.07) is 0.403. The highest BCUT2D eigenvalue weighted by atomic mass is 16.5. The van der Waals surface area contributed by atoms with Gasteiger partial charge < -0.3 is 9.84 Å². The van der Waals surface area contributed by atoms with Gasteiger partial charge in [-0.05, 0) is 44.9 Å². The van der Waals surface area contributed by atoms with Crippen LogP contribution in [0.3, 0.4) is 0 Å². The molecule has 0 aromatic carbocycles. The summed E-state index contributed by atoms with van der Waals surface area (Å²) in [5, 5.41) is 9.75. The highest BCUT2D eigenvalue weighted by molar-refractivity contribution is 5.75. The fourth-order valence-electron chi connectivity index (χ4n) is 3.07. The Kier molecular flexibility index (Phi) is 6.96. The molecule has 0 heterocycles. The van der Waals surface area contributed by atoms with E-state index in [-0.39, 0.29) is 0 Å². The van der Waals surface area contributed by atoms with Gasteiger partial charge in [0.25, 0.3) is 0 Å².